The summed E-state index contributed by atoms with van der Waals surface area (Å²) >= 11 is 1.55. The first kappa shape index (κ1) is 12.4. The van der Waals surface area contributed by atoms with Crippen molar-refractivity contribution in [1.82, 2.24) is 10.3 Å². The number of pyridine rings is 1. The lowest BCUT2D eigenvalue weighted by molar-refractivity contribution is -0.119. The van der Waals surface area contributed by atoms with Crippen LogP contribution in [0.3, 0.4) is 0 Å². The first-order valence-electron chi connectivity index (χ1n) is 5.91. The maximum absolute atomic E-state index is 11.7. The van der Waals surface area contributed by atoms with E-state index in [1.165, 1.54) is 18.4 Å². The van der Waals surface area contributed by atoms with Crippen molar-refractivity contribution in [3.8, 4) is 0 Å². The summed E-state index contributed by atoms with van der Waals surface area (Å²) in [6.07, 6.45) is 6.15. The summed E-state index contributed by atoms with van der Waals surface area (Å²) < 4.78 is 0. The Labute approximate surface area is 106 Å². The molecule has 1 N–H and O–H groups in total. The number of amides is 1. The van der Waals surface area contributed by atoms with Crippen LogP contribution in [0.5, 0.6) is 0 Å². The third-order valence-electron chi connectivity index (χ3n) is 2.94. The summed E-state index contributed by atoms with van der Waals surface area (Å²) in [7, 11) is 0. The third kappa shape index (κ3) is 3.46. The smallest absolute Gasteiger partial charge is 0.230 e. The Hall–Kier alpha value is -1.03. The summed E-state index contributed by atoms with van der Waals surface area (Å²) in [5.41, 5.74) is 2.20. The van der Waals surface area contributed by atoms with Crippen molar-refractivity contribution in [1.29, 1.82) is 0 Å². The molecule has 0 radical (unpaired) electrons. The predicted molar refractivity (Wildman–Crippen MR) is 71.0 cm³/mol. The van der Waals surface area contributed by atoms with Gasteiger partial charge in [0.15, 0.2) is 0 Å². The lowest BCUT2D eigenvalue weighted by Gasteiger charge is -2.17. The van der Waals surface area contributed by atoms with E-state index in [2.05, 4.69) is 23.3 Å². The molecule has 1 amide bonds. The number of carbonyl (C=O) groups excluding carboxylic acids is 1. The van der Waals surface area contributed by atoms with E-state index in [0.717, 1.165) is 5.69 Å². The van der Waals surface area contributed by atoms with Gasteiger partial charge >= 0.3 is 0 Å². The van der Waals surface area contributed by atoms with Crippen LogP contribution in [0.4, 0.5) is 0 Å². The van der Waals surface area contributed by atoms with Gasteiger partial charge in [-0.3, -0.25) is 9.78 Å². The molecule has 1 aromatic heterocycles. The van der Waals surface area contributed by atoms with E-state index in [-0.39, 0.29) is 11.9 Å². The molecule has 1 atom stereocenters. The number of hydrogen-bond donors (Lipinski definition) is 1. The van der Waals surface area contributed by atoms with Gasteiger partial charge in [0.25, 0.3) is 0 Å². The normalized spacial score (nSPS) is 16.6. The number of hydrogen-bond acceptors (Lipinski definition) is 3. The molecule has 4 heteroatoms. The van der Waals surface area contributed by atoms with Crippen molar-refractivity contribution < 1.29 is 4.79 Å². The molecule has 1 aliphatic carbocycles. The van der Waals surface area contributed by atoms with Crippen LogP contribution < -0.4 is 5.32 Å². The topological polar surface area (TPSA) is 42.0 Å². The molecule has 3 nitrogen and oxygen atoms in total. The van der Waals surface area contributed by atoms with Gasteiger partial charge in [0.05, 0.1) is 17.5 Å². The standard InChI is InChI=1S/C13H18N2OS/c1-9-5-6-14-11(7-9)13(10-3-4-10)15-12(16)8-17-2/h5-7,10,13H,3-4,8H2,1-2H3,(H,15,16)/t13-/m0/s1. The Bertz CT molecular complexity index is 404. The minimum Gasteiger partial charge on any atom is -0.347 e. The molecule has 1 aromatic rings. The molecule has 1 aliphatic rings. The van der Waals surface area contributed by atoms with Gasteiger partial charge in [-0.15, -0.1) is 0 Å². The van der Waals surface area contributed by atoms with Crippen molar-refractivity contribution in [2.45, 2.75) is 25.8 Å². The average molecular weight is 250 g/mol. The van der Waals surface area contributed by atoms with Crippen LogP contribution in [-0.4, -0.2) is 22.9 Å². The van der Waals surface area contributed by atoms with Crippen molar-refractivity contribution in [2.24, 2.45) is 5.92 Å². The number of aromatic nitrogens is 1. The Morgan fingerprint density at radius 2 is 2.41 bits per heavy atom. The van der Waals surface area contributed by atoms with E-state index < -0.39 is 0 Å². The lowest BCUT2D eigenvalue weighted by Crippen LogP contribution is -2.31. The van der Waals surface area contributed by atoms with E-state index in [4.69, 9.17) is 0 Å². The zero-order chi connectivity index (χ0) is 12.3. The average Bonchev–Trinajstić information content (AvgIpc) is 3.10. The number of nitrogens with zero attached hydrogens (tertiary/aromatic N) is 1. The number of thioether (sulfide) groups is 1. The molecule has 17 heavy (non-hydrogen) atoms. The largest absolute Gasteiger partial charge is 0.347 e. The van der Waals surface area contributed by atoms with E-state index in [1.54, 1.807) is 11.8 Å². The molecule has 0 aromatic carbocycles. The second kappa shape index (κ2) is 5.54. The number of nitrogens with one attached hydrogen (secondary N) is 1. The molecule has 0 saturated heterocycles. The Morgan fingerprint density at radius 1 is 1.65 bits per heavy atom. The highest BCUT2D eigenvalue weighted by Crippen LogP contribution is 2.40. The van der Waals surface area contributed by atoms with Crippen LogP contribution in [0.15, 0.2) is 18.3 Å². The van der Waals surface area contributed by atoms with Gasteiger partial charge in [0, 0.05) is 6.20 Å². The summed E-state index contributed by atoms with van der Waals surface area (Å²) in [6, 6.07) is 4.16. The van der Waals surface area contributed by atoms with Gasteiger partial charge in [-0.1, -0.05) is 0 Å². The highest BCUT2D eigenvalue weighted by atomic mass is 32.2. The highest BCUT2D eigenvalue weighted by molar-refractivity contribution is 7.99. The first-order chi connectivity index (χ1) is 8.20. The molecule has 2 rings (SSSR count). The molecule has 1 fully saturated rings. The van der Waals surface area contributed by atoms with Crippen LogP contribution >= 0.6 is 11.8 Å². The fourth-order valence-corrected chi connectivity index (χ4v) is 2.28. The quantitative estimate of drug-likeness (QED) is 0.872. The fraction of sp³-hybridized carbons (Fsp3) is 0.538. The monoisotopic (exact) mass is 250 g/mol. The van der Waals surface area contributed by atoms with Crippen LogP contribution in [0.25, 0.3) is 0 Å². The maximum atomic E-state index is 11.7. The van der Waals surface area contributed by atoms with Gasteiger partial charge in [-0.25, -0.2) is 0 Å². The van der Waals surface area contributed by atoms with Gasteiger partial charge in [0.2, 0.25) is 5.91 Å². The Kier molecular flexibility index (Phi) is 4.05. The van der Waals surface area contributed by atoms with E-state index in [1.807, 2.05) is 18.5 Å². The second-order valence-corrected chi connectivity index (χ2v) is 5.44. The van der Waals surface area contributed by atoms with Gasteiger partial charge in [-0.05, 0) is 49.6 Å². The molecule has 0 spiro atoms. The zero-order valence-corrected chi connectivity index (χ0v) is 11.1. The molecule has 1 heterocycles. The Morgan fingerprint density at radius 3 is 3.00 bits per heavy atom. The Balaban J connectivity index is 2.09. The number of carbonyl (C=O) groups is 1. The molecule has 0 unspecified atom stereocenters. The lowest BCUT2D eigenvalue weighted by atomic mass is 10.1. The van der Waals surface area contributed by atoms with Gasteiger partial charge in [0.1, 0.15) is 0 Å². The van der Waals surface area contributed by atoms with Crippen molar-refractivity contribution in [3.05, 3.63) is 29.6 Å². The third-order valence-corrected chi connectivity index (χ3v) is 3.49. The van der Waals surface area contributed by atoms with E-state index in [9.17, 15) is 4.79 Å². The summed E-state index contributed by atoms with van der Waals surface area (Å²) in [6.45, 7) is 2.05. The molecular weight excluding hydrogens is 232 g/mol. The SMILES string of the molecule is CSCC(=O)N[C@H](c1cc(C)ccn1)C1CC1. The van der Waals surface area contributed by atoms with Crippen molar-refractivity contribution >= 4 is 17.7 Å². The molecule has 1 saturated carbocycles. The maximum Gasteiger partial charge on any atom is 0.230 e. The molecule has 0 bridgehead atoms. The first-order valence-corrected chi connectivity index (χ1v) is 7.31. The van der Waals surface area contributed by atoms with E-state index in [0.29, 0.717) is 11.7 Å². The van der Waals surface area contributed by atoms with Gasteiger partial charge in [-0.2, -0.15) is 11.8 Å². The molecular formula is C13H18N2OS. The minimum atomic E-state index is 0.106. The number of aryl methyl sites for hydroxylation is 1. The summed E-state index contributed by atoms with van der Waals surface area (Å²) in [4.78, 5) is 16.1. The van der Waals surface area contributed by atoms with Crippen LogP contribution in [0, 0.1) is 12.8 Å². The highest BCUT2D eigenvalue weighted by Gasteiger charge is 2.34. The molecule has 0 aliphatic heterocycles. The number of rotatable bonds is 5. The van der Waals surface area contributed by atoms with E-state index >= 15 is 0 Å². The molecule has 92 valence electrons. The van der Waals surface area contributed by atoms with Crippen LogP contribution in [-0.2, 0) is 4.79 Å². The predicted octanol–water partition coefficient (Wildman–Crippen LogP) is 2.32. The van der Waals surface area contributed by atoms with Crippen molar-refractivity contribution in [2.75, 3.05) is 12.0 Å². The minimum absolute atomic E-state index is 0.106. The summed E-state index contributed by atoms with van der Waals surface area (Å²) in [5.74, 6) is 1.21. The van der Waals surface area contributed by atoms with Crippen LogP contribution in [0.2, 0.25) is 0 Å². The zero-order valence-electron chi connectivity index (χ0n) is 10.3. The van der Waals surface area contributed by atoms with Crippen molar-refractivity contribution in [3.63, 3.8) is 0 Å². The van der Waals surface area contributed by atoms with Gasteiger partial charge < -0.3 is 5.32 Å². The van der Waals surface area contributed by atoms with Crippen LogP contribution in [0.1, 0.15) is 30.1 Å². The summed E-state index contributed by atoms with van der Waals surface area (Å²) in [5, 5.41) is 3.10. The second-order valence-electron chi connectivity index (χ2n) is 4.57. The fourth-order valence-electron chi connectivity index (χ4n) is 1.94.